The van der Waals surface area contributed by atoms with E-state index < -0.39 is 75.7 Å². The fraction of sp³-hybridized carbons (Fsp3) is 0.800. The van der Waals surface area contributed by atoms with Crippen LogP contribution in [0.25, 0.3) is 0 Å². The van der Waals surface area contributed by atoms with Crippen LogP contribution in [0.2, 0.25) is 0 Å². The van der Waals surface area contributed by atoms with Crippen LogP contribution in [0.5, 0.6) is 0 Å². The van der Waals surface area contributed by atoms with E-state index in [-0.39, 0.29) is 18.6 Å². The Bertz CT molecular complexity index is 1260. The standard InChI is InChI=1S/C45H79O14P/c1-3-5-7-9-11-12-13-14-15-16-17-18-20-24-29-33-39(48)58-37(35-57-60(54,55)59-45-43(52)41(50)40(49)42(51)44(45)53)34-56-38(47)32-28-25-21-23-27-31-36(46)30-26-22-19-10-8-6-4-2/h14-15,19,22,26,30,37,40-45,49-53H,3-13,16-18,20-21,23-25,27-29,31-35H2,1-2H3,(H,54,55)/b15-14-,22-19-,30-26+/t37-,40?,41-,42+,43-,44-,45?/m1/s1. The van der Waals surface area contributed by atoms with E-state index in [1.54, 1.807) is 12.2 Å². The molecule has 14 nitrogen and oxygen atoms in total. The van der Waals surface area contributed by atoms with Crippen LogP contribution >= 0.6 is 7.82 Å². The van der Waals surface area contributed by atoms with Gasteiger partial charge in [-0.1, -0.05) is 128 Å². The topological polar surface area (TPSA) is 227 Å². The number of hydrogen-bond acceptors (Lipinski definition) is 13. The van der Waals surface area contributed by atoms with Gasteiger partial charge in [-0.25, -0.2) is 4.57 Å². The van der Waals surface area contributed by atoms with Crippen molar-refractivity contribution in [2.45, 2.75) is 217 Å². The Labute approximate surface area is 359 Å². The molecule has 6 N–H and O–H groups in total. The first kappa shape index (κ1) is 55.8. The molecule has 0 amide bonds. The molecule has 1 aliphatic carbocycles. The van der Waals surface area contributed by atoms with E-state index in [1.807, 2.05) is 6.08 Å². The number of carbonyl (C=O) groups is 3. The number of unbranched alkanes of at least 4 members (excludes halogenated alkanes) is 18. The van der Waals surface area contributed by atoms with Crippen LogP contribution in [0.4, 0.5) is 0 Å². The zero-order valence-corrected chi connectivity index (χ0v) is 37.4. The highest BCUT2D eigenvalue weighted by Gasteiger charge is 2.51. The molecule has 60 heavy (non-hydrogen) atoms. The van der Waals surface area contributed by atoms with Crippen molar-refractivity contribution >= 4 is 25.5 Å². The normalized spacial score (nSPS) is 22.4. The smallest absolute Gasteiger partial charge is 0.462 e. The van der Waals surface area contributed by atoms with Gasteiger partial charge in [-0.3, -0.25) is 23.4 Å². The van der Waals surface area contributed by atoms with E-state index in [4.69, 9.17) is 18.5 Å². The first-order chi connectivity index (χ1) is 28.8. The van der Waals surface area contributed by atoms with E-state index in [2.05, 4.69) is 32.1 Å². The first-order valence-electron chi connectivity index (χ1n) is 22.7. The zero-order chi connectivity index (χ0) is 44.4. The second kappa shape index (κ2) is 35.2. The van der Waals surface area contributed by atoms with Crippen LogP contribution in [-0.2, 0) is 37.5 Å². The van der Waals surface area contributed by atoms with Crippen LogP contribution in [-0.4, -0.2) is 104 Å². The summed E-state index contributed by atoms with van der Waals surface area (Å²) < 4.78 is 33.4. The molecule has 0 spiro atoms. The number of allylic oxidation sites excluding steroid dienone is 6. The number of carbonyl (C=O) groups excluding carboxylic acids is 3. The van der Waals surface area contributed by atoms with Crippen LogP contribution < -0.4 is 0 Å². The van der Waals surface area contributed by atoms with Crippen molar-refractivity contribution in [1.29, 1.82) is 0 Å². The molecule has 0 saturated heterocycles. The molecule has 348 valence electrons. The zero-order valence-electron chi connectivity index (χ0n) is 36.5. The molecule has 1 fully saturated rings. The minimum absolute atomic E-state index is 0.0620. The lowest BCUT2D eigenvalue weighted by atomic mass is 9.85. The third-order valence-electron chi connectivity index (χ3n) is 10.4. The van der Waals surface area contributed by atoms with Gasteiger partial charge in [0.2, 0.25) is 0 Å². The Kier molecular flexibility index (Phi) is 32.7. The van der Waals surface area contributed by atoms with Crippen molar-refractivity contribution in [1.82, 2.24) is 0 Å². The minimum Gasteiger partial charge on any atom is -0.462 e. The van der Waals surface area contributed by atoms with Crippen LogP contribution in [0, 0.1) is 0 Å². The summed E-state index contributed by atoms with van der Waals surface area (Å²) in [4.78, 5) is 47.7. The predicted molar refractivity (Wildman–Crippen MR) is 231 cm³/mol. The Morgan fingerprint density at radius 2 is 1.00 bits per heavy atom. The SMILES string of the molecule is CCCCC/C=C\C=C\C(=O)CCCCCCCC(=O)OC[C@H](COP(=O)(O)OC1[C@H](O)[C@H](O)C(O)[C@H](O)[C@H]1O)OC(=O)CCCCCCC/C=C\CCCCCCCC. The molecule has 15 heteroatoms. The van der Waals surface area contributed by atoms with Gasteiger partial charge in [-0.05, 0) is 63.9 Å². The monoisotopic (exact) mass is 875 g/mol. The van der Waals surface area contributed by atoms with Gasteiger partial charge in [0.1, 0.15) is 43.2 Å². The van der Waals surface area contributed by atoms with Crippen molar-refractivity contribution < 1.29 is 67.9 Å². The maximum absolute atomic E-state index is 12.8. The van der Waals surface area contributed by atoms with E-state index in [0.29, 0.717) is 19.3 Å². The van der Waals surface area contributed by atoms with E-state index in [1.165, 1.54) is 51.4 Å². The molecule has 0 aromatic heterocycles. The van der Waals surface area contributed by atoms with Gasteiger partial charge in [-0.15, -0.1) is 0 Å². The molecule has 0 radical (unpaired) electrons. The Morgan fingerprint density at radius 3 is 1.58 bits per heavy atom. The van der Waals surface area contributed by atoms with Gasteiger partial charge in [-0.2, -0.15) is 0 Å². The summed E-state index contributed by atoms with van der Waals surface area (Å²) in [5.41, 5.74) is 0. The number of esters is 2. The van der Waals surface area contributed by atoms with Crippen LogP contribution in [0.1, 0.15) is 174 Å². The molecule has 3 unspecified atom stereocenters. The number of aliphatic hydroxyl groups excluding tert-OH is 5. The Hall–Kier alpha value is -2.26. The van der Waals surface area contributed by atoms with Crippen molar-refractivity contribution in [3.8, 4) is 0 Å². The summed E-state index contributed by atoms with van der Waals surface area (Å²) in [5.74, 6) is -1.12. The number of hydrogen-bond donors (Lipinski definition) is 6. The first-order valence-corrected chi connectivity index (χ1v) is 24.2. The van der Waals surface area contributed by atoms with Crippen molar-refractivity contribution in [2.24, 2.45) is 0 Å². The maximum Gasteiger partial charge on any atom is 0.472 e. The predicted octanol–water partition coefficient (Wildman–Crippen LogP) is 7.79. The summed E-state index contributed by atoms with van der Waals surface area (Å²) in [7, 11) is -5.15. The van der Waals surface area contributed by atoms with Crippen LogP contribution in [0.15, 0.2) is 36.5 Å². The number of phosphoric acid groups is 1. The largest absolute Gasteiger partial charge is 0.472 e. The molecular weight excluding hydrogens is 795 g/mol. The highest BCUT2D eigenvalue weighted by molar-refractivity contribution is 7.47. The van der Waals surface area contributed by atoms with Crippen molar-refractivity contribution in [3.63, 3.8) is 0 Å². The van der Waals surface area contributed by atoms with E-state index in [9.17, 15) is 49.4 Å². The lowest BCUT2D eigenvalue weighted by Gasteiger charge is -2.41. The molecule has 1 aliphatic rings. The highest BCUT2D eigenvalue weighted by Crippen LogP contribution is 2.47. The third-order valence-corrected chi connectivity index (χ3v) is 11.4. The van der Waals surface area contributed by atoms with Gasteiger partial charge < -0.3 is 39.9 Å². The highest BCUT2D eigenvalue weighted by atomic mass is 31.2. The van der Waals surface area contributed by atoms with E-state index in [0.717, 1.165) is 77.0 Å². The summed E-state index contributed by atoms with van der Waals surface area (Å²) in [6.07, 6.45) is 21.6. The average Bonchev–Trinajstić information content (AvgIpc) is 3.22. The summed E-state index contributed by atoms with van der Waals surface area (Å²) in [6.45, 7) is 3.12. The second-order valence-corrected chi connectivity index (χ2v) is 17.3. The Morgan fingerprint density at radius 1 is 0.550 bits per heavy atom. The number of ether oxygens (including phenoxy) is 2. The summed E-state index contributed by atoms with van der Waals surface area (Å²) in [6, 6.07) is 0. The van der Waals surface area contributed by atoms with Crippen molar-refractivity contribution in [3.05, 3.63) is 36.5 Å². The molecule has 8 atom stereocenters. The second-order valence-electron chi connectivity index (χ2n) is 15.9. The van der Waals surface area contributed by atoms with Gasteiger partial charge in [0.05, 0.1) is 6.61 Å². The van der Waals surface area contributed by atoms with Gasteiger partial charge in [0, 0.05) is 19.3 Å². The molecule has 1 saturated carbocycles. The molecule has 0 bridgehead atoms. The van der Waals surface area contributed by atoms with Gasteiger partial charge in [0.25, 0.3) is 0 Å². The van der Waals surface area contributed by atoms with Gasteiger partial charge in [0.15, 0.2) is 11.9 Å². The van der Waals surface area contributed by atoms with Crippen LogP contribution in [0.3, 0.4) is 0 Å². The number of phosphoric ester groups is 1. The van der Waals surface area contributed by atoms with Gasteiger partial charge >= 0.3 is 19.8 Å². The third kappa shape index (κ3) is 27.6. The van der Waals surface area contributed by atoms with Crippen molar-refractivity contribution in [2.75, 3.05) is 13.2 Å². The number of rotatable bonds is 37. The molecule has 0 aromatic carbocycles. The quantitative estimate of drug-likeness (QED) is 0.00875. The average molecular weight is 875 g/mol. The number of ketones is 1. The molecule has 0 aliphatic heterocycles. The molecule has 0 heterocycles. The molecular formula is C45H79O14P. The maximum atomic E-state index is 12.8. The van der Waals surface area contributed by atoms with E-state index >= 15 is 0 Å². The lowest BCUT2D eigenvalue weighted by Crippen LogP contribution is -2.64. The molecule has 1 rings (SSSR count). The number of aliphatic hydroxyl groups is 5. The fourth-order valence-corrected chi connectivity index (χ4v) is 7.65. The molecule has 0 aromatic rings. The lowest BCUT2D eigenvalue weighted by molar-refractivity contribution is -0.220. The fourth-order valence-electron chi connectivity index (χ4n) is 6.67. The Balaban J connectivity index is 2.51. The summed E-state index contributed by atoms with van der Waals surface area (Å²) >= 11 is 0. The minimum atomic E-state index is -5.15. The summed E-state index contributed by atoms with van der Waals surface area (Å²) in [5, 5.41) is 50.1.